The van der Waals surface area contributed by atoms with Gasteiger partial charge in [-0.1, -0.05) is 19.8 Å². The van der Waals surface area contributed by atoms with Gasteiger partial charge in [-0.05, 0) is 55.8 Å². The third kappa shape index (κ3) is 4.20. The first-order valence-corrected chi connectivity index (χ1v) is 7.37. The molecule has 0 amide bonds. The van der Waals surface area contributed by atoms with E-state index in [1.807, 2.05) is 6.07 Å². The van der Waals surface area contributed by atoms with E-state index in [1.165, 1.54) is 31.4 Å². The Balaban J connectivity index is 2.01. The summed E-state index contributed by atoms with van der Waals surface area (Å²) in [7, 11) is 0. The number of ether oxygens (including phenoxy) is 1. The maximum Gasteiger partial charge on any atom is 0.127 e. The molecule has 2 atom stereocenters. The predicted molar refractivity (Wildman–Crippen MR) is 75.8 cm³/mol. The molecule has 1 aliphatic rings. The zero-order valence-corrected chi connectivity index (χ0v) is 11.7. The average Bonchev–Trinajstić information content (AvgIpc) is 2.38. The van der Waals surface area contributed by atoms with Crippen molar-refractivity contribution in [1.29, 1.82) is 0 Å². The summed E-state index contributed by atoms with van der Waals surface area (Å²) < 4.78 is 19.5. The smallest absolute Gasteiger partial charge is 0.127 e. The van der Waals surface area contributed by atoms with E-state index in [1.54, 1.807) is 0 Å². The third-order valence-corrected chi connectivity index (χ3v) is 3.98. The Kier molecular flexibility index (Phi) is 5.20. The van der Waals surface area contributed by atoms with Gasteiger partial charge in [0.25, 0.3) is 0 Å². The summed E-state index contributed by atoms with van der Waals surface area (Å²) in [6, 6.07) is 4.94. The molecule has 2 nitrogen and oxygen atoms in total. The van der Waals surface area contributed by atoms with Gasteiger partial charge in [0.05, 0.1) is 6.10 Å². The van der Waals surface area contributed by atoms with Crippen LogP contribution in [0.15, 0.2) is 18.2 Å². The second kappa shape index (κ2) is 6.90. The first kappa shape index (κ1) is 14.3. The van der Waals surface area contributed by atoms with Crippen molar-refractivity contribution in [3.05, 3.63) is 29.6 Å². The van der Waals surface area contributed by atoms with E-state index in [4.69, 9.17) is 10.5 Å². The normalized spacial score (nSPS) is 23.3. The van der Waals surface area contributed by atoms with Crippen LogP contribution >= 0.6 is 0 Å². The Labute approximate surface area is 115 Å². The molecular formula is C16H24FNO. The van der Waals surface area contributed by atoms with E-state index < -0.39 is 0 Å². The molecule has 2 N–H and O–H groups in total. The topological polar surface area (TPSA) is 35.2 Å². The first-order chi connectivity index (χ1) is 9.21. The molecule has 106 valence electrons. The average molecular weight is 265 g/mol. The van der Waals surface area contributed by atoms with Gasteiger partial charge in [0.1, 0.15) is 11.6 Å². The van der Waals surface area contributed by atoms with Crippen LogP contribution in [0.4, 0.5) is 4.39 Å². The lowest BCUT2D eigenvalue weighted by Crippen LogP contribution is -2.25. The number of nitrogens with two attached hydrogens (primary N) is 1. The van der Waals surface area contributed by atoms with Crippen molar-refractivity contribution < 1.29 is 9.13 Å². The highest BCUT2D eigenvalue weighted by atomic mass is 19.1. The number of hydrogen-bond donors (Lipinski definition) is 1. The summed E-state index contributed by atoms with van der Waals surface area (Å²) >= 11 is 0. The van der Waals surface area contributed by atoms with E-state index in [0.717, 1.165) is 24.3 Å². The van der Waals surface area contributed by atoms with E-state index in [0.29, 0.717) is 18.7 Å². The van der Waals surface area contributed by atoms with Crippen molar-refractivity contribution in [3.8, 4) is 5.75 Å². The summed E-state index contributed by atoms with van der Waals surface area (Å²) in [5, 5.41) is 0. The maximum absolute atomic E-state index is 13.5. The van der Waals surface area contributed by atoms with Crippen LogP contribution in [0.2, 0.25) is 0 Å². The van der Waals surface area contributed by atoms with Gasteiger partial charge in [-0.25, -0.2) is 4.39 Å². The van der Waals surface area contributed by atoms with Gasteiger partial charge in [0.2, 0.25) is 0 Å². The van der Waals surface area contributed by atoms with Crippen LogP contribution in [0.1, 0.15) is 44.6 Å². The van der Waals surface area contributed by atoms with Crippen LogP contribution in [-0.2, 0) is 6.42 Å². The minimum absolute atomic E-state index is 0.233. The Bertz CT molecular complexity index is 408. The van der Waals surface area contributed by atoms with Crippen LogP contribution in [0.3, 0.4) is 0 Å². The summed E-state index contributed by atoms with van der Waals surface area (Å²) in [6.07, 6.45) is 6.84. The molecule has 0 saturated heterocycles. The highest BCUT2D eigenvalue weighted by Crippen LogP contribution is 2.30. The van der Waals surface area contributed by atoms with Crippen molar-refractivity contribution in [2.45, 2.75) is 51.6 Å². The van der Waals surface area contributed by atoms with Crippen LogP contribution in [0.25, 0.3) is 0 Å². The zero-order valence-electron chi connectivity index (χ0n) is 11.7. The van der Waals surface area contributed by atoms with Gasteiger partial charge in [-0.2, -0.15) is 0 Å². The summed E-state index contributed by atoms with van der Waals surface area (Å²) in [5.41, 5.74) is 6.43. The monoisotopic (exact) mass is 265 g/mol. The highest BCUT2D eigenvalue weighted by Gasteiger charge is 2.22. The molecule has 19 heavy (non-hydrogen) atoms. The lowest BCUT2D eigenvalue weighted by molar-refractivity contribution is 0.121. The standard InChI is InChI=1S/C16H24FNO/c1-2-12-4-3-5-15(9-12)19-16-10-13(6-7-18)8-14(17)11-16/h8,10-12,15H,2-7,9,18H2,1H3. The van der Waals surface area contributed by atoms with E-state index in [-0.39, 0.29) is 11.9 Å². The molecule has 1 aliphatic carbocycles. The predicted octanol–water partition coefficient (Wildman–Crippen LogP) is 3.67. The van der Waals surface area contributed by atoms with E-state index >= 15 is 0 Å². The van der Waals surface area contributed by atoms with Gasteiger partial charge < -0.3 is 10.5 Å². The quantitative estimate of drug-likeness (QED) is 0.881. The highest BCUT2D eigenvalue weighted by molar-refractivity contribution is 5.30. The van der Waals surface area contributed by atoms with Gasteiger partial charge in [-0.3, -0.25) is 0 Å². The zero-order chi connectivity index (χ0) is 13.7. The lowest BCUT2D eigenvalue weighted by Gasteiger charge is -2.29. The first-order valence-electron chi connectivity index (χ1n) is 7.37. The maximum atomic E-state index is 13.5. The number of halogens is 1. The molecule has 0 bridgehead atoms. The van der Waals surface area contributed by atoms with Gasteiger partial charge in [0, 0.05) is 6.07 Å². The lowest BCUT2D eigenvalue weighted by atomic mass is 9.85. The molecule has 0 aliphatic heterocycles. The molecule has 1 fully saturated rings. The fourth-order valence-electron chi connectivity index (χ4n) is 2.91. The van der Waals surface area contributed by atoms with Crippen LogP contribution in [0.5, 0.6) is 5.75 Å². The Morgan fingerprint density at radius 2 is 2.16 bits per heavy atom. The van der Waals surface area contributed by atoms with Gasteiger partial charge >= 0.3 is 0 Å². The third-order valence-electron chi connectivity index (χ3n) is 3.98. The van der Waals surface area contributed by atoms with Crippen LogP contribution in [0, 0.1) is 11.7 Å². The van der Waals surface area contributed by atoms with Crippen molar-refractivity contribution >= 4 is 0 Å². The van der Waals surface area contributed by atoms with E-state index in [2.05, 4.69) is 6.92 Å². The largest absolute Gasteiger partial charge is 0.490 e. The molecule has 1 aromatic carbocycles. The molecule has 2 rings (SSSR count). The molecule has 2 unspecified atom stereocenters. The van der Waals surface area contributed by atoms with Crippen LogP contribution in [-0.4, -0.2) is 12.6 Å². The molecule has 0 heterocycles. The molecule has 0 spiro atoms. The Morgan fingerprint density at radius 1 is 1.32 bits per heavy atom. The van der Waals surface area contributed by atoms with E-state index in [9.17, 15) is 4.39 Å². The fourth-order valence-corrected chi connectivity index (χ4v) is 2.91. The second-order valence-corrected chi connectivity index (χ2v) is 5.51. The number of hydrogen-bond acceptors (Lipinski definition) is 2. The van der Waals surface area contributed by atoms with Crippen molar-refractivity contribution in [1.82, 2.24) is 0 Å². The molecule has 1 aromatic rings. The van der Waals surface area contributed by atoms with Crippen molar-refractivity contribution in [3.63, 3.8) is 0 Å². The summed E-state index contributed by atoms with van der Waals surface area (Å²) in [5.74, 6) is 1.19. The molecule has 3 heteroatoms. The summed E-state index contributed by atoms with van der Waals surface area (Å²) in [6.45, 7) is 2.76. The Hall–Kier alpha value is -1.09. The Morgan fingerprint density at radius 3 is 2.89 bits per heavy atom. The van der Waals surface area contributed by atoms with Gasteiger partial charge in [0.15, 0.2) is 0 Å². The minimum Gasteiger partial charge on any atom is -0.490 e. The second-order valence-electron chi connectivity index (χ2n) is 5.51. The summed E-state index contributed by atoms with van der Waals surface area (Å²) in [4.78, 5) is 0. The van der Waals surface area contributed by atoms with Crippen molar-refractivity contribution in [2.75, 3.05) is 6.54 Å². The van der Waals surface area contributed by atoms with Gasteiger partial charge in [-0.15, -0.1) is 0 Å². The van der Waals surface area contributed by atoms with Crippen LogP contribution < -0.4 is 10.5 Å². The minimum atomic E-state index is -0.233. The fraction of sp³-hybridized carbons (Fsp3) is 0.625. The molecule has 0 radical (unpaired) electrons. The van der Waals surface area contributed by atoms with Crippen molar-refractivity contribution in [2.24, 2.45) is 11.7 Å². The molecule has 1 saturated carbocycles. The molecule has 0 aromatic heterocycles. The molecular weight excluding hydrogens is 241 g/mol. The number of benzene rings is 1. The number of rotatable bonds is 5. The SMILES string of the molecule is CCC1CCCC(Oc2cc(F)cc(CCN)c2)C1.